The van der Waals surface area contributed by atoms with Crippen LogP contribution in [-0.2, 0) is 0 Å². The third kappa shape index (κ3) is 3.07. The Kier molecular flexibility index (Phi) is 4.41. The van der Waals surface area contributed by atoms with Gasteiger partial charge in [0.2, 0.25) is 0 Å². The molecule has 2 fully saturated rings. The Bertz CT molecular complexity index is 468. The minimum atomic E-state index is 0.194. The molecule has 1 aromatic rings. The molecule has 108 valence electrons. The van der Waals surface area contributed by atoms with Crippen molar-refractivity contribution in [2.45, 2.75) is 31.7 Å². The lowest BCUT2D eigenvalue weighted by Crippen LogP contribution is -2.42. The number of likely N-dealkylation sites (tertiary alicyclic amines) is 2. The summed E-state index contributed by atoms with van der Waals surface area (Å²) in [4.78, 5) is 17.2. The number of benzene rings is 1. The molecule has 20 heavy (non-hydrogen) atoms. The summed E-state index contributed by atoms with van der Waals surface area (Å²) in [6.07, 6.45) is 4.92. The quantitative estimate of drug-likeness (QED) is 0.846. The molecule has 0 radical (unpaired) electrons. The Hall–Kier alpha value is -0.870. The van der Waals surface area contributed by atoms with Gasteiger partial charge in [-0.15, -0.1) is 0 Å². The van der Waals surface area contributed by atoms with E-state index < -0.39 is 0 Å². The molecule has 1 unspecified atom stereocenters. The fourth-order valence-electron chi connectivity index (χ4n) is 3.31. The number of halogens is 1. The molecule has 2 heterocycles. The Labute approximate surface area is 129 Å². The zero-order valence-corrected chi connectivity index (χ0v) is 13.3. The smallest absolute Gasteiger partial charge is 0.254 e. The minimum Gasteiger partial charge on any atom is -0.334 e. The predicted octanol–water partition coefficient (Wildman–Crippen LogP) is 3.15. The van der Waals surface area contributed by atoms with Crippen LogP contribution in [0.3, 0.4) is 0 Å². The van der Waals surface area contributed by atoms with E-state index in [-0.39, 0.29) is 5.91 Å². The fraction of sp³-hybridized carbons (Fsp3) is 0.562. The van der Waals surface area contributed by atoms with Gasteiger partial charge in [0.25, 0.3) is 5.91 Å². The van der Waals surface area contributed by atoms with E-state index >= 15 is 0 Å². The molecule has 0 saturated carbocycles. The summed E-state index contributed by atoms with van der Waals surface area (Å²) in [7, 11) is 0. The third-order valence-corrected chi connectivity index (χ3v) is 4.93. The van der Waals surface area contributed by atoms with Gasteiger partial charge in [0, 0.05) is 29.2 Å². The van der Waals surface area contributed by atoms with E-state index in [2.05, 4.69) is 25.7 Å². The van der Waals surface area contributed by atoms with Gasteiger partial charge in [-0.3, -0.25) is 4.79 Å². The second-order valence-electron chi connectivity index (χ2n) is 5.81. The summed E-state index contributed by atoms with van der Waals surface area (Å²) in [5.41, 5.74) is 0.807. The van der Waals surface area contributed by atoms with Crippen LogP contribution in [0.1, 0.15) is 36.0 Å². The van der Waals surface area contributed by atoms with E-state index in [9.17, 15) is 4.79 Å². The zero-order valence-electron chi connectivity index (χ0n) is 11.7. The summed E-state index contributed by atoms with van der Waals surface area (Å²) in [5.74, 6) is 0.194. The van der Waals surface area contributed by atoms with Crippen LogP contribution in [0.4, 0.5) is 0 Å². The van der Waals surface area contributed by atoms with Crippen molar-refractivity contribution < 1.29 is 4.79 Å². The van der Waals surface area contributed by atoms with Crippen LogP contribution in [0.25, 0.3) is 0 Å². The highest BCUT2D eigenvalue weighted by Gasteiger charge is 2.31. The van der Waals surface area contributed by atoms with Crippen LogP contribution in [-0.4, -0.2) is 47.9 Å². The summed E-state index contributed by atoms with van der Waals surface area (Å²) in [6, 6.07) is 8.12. The third-order valence-electron chi connectivity index (χ3n) is 4.40. The Morgan fingerprint density at radius 3 is 2.50 bits per heavy atom. The zero-order chi connectivity index (χ0) is 13.9. The molecule has 3 nitrogen and oxygen atoms in total. The lowest BCUT2D eigenvalue weighted by molar-refractivity contribution is 0.0709. The topological polar surface area (TPSA) is 23.6 Å². The van der Waals surface area contributed by atoms with Crippen molar-refractivity contribution in [1.82, 2.24) is 9.80 Å². The maximum absolute atomic E-state index is 12.6. The SMILES string of the molecule is O=C(c1ccc(Br)cc1)N1CCCC1CN1CCCC1. The van der Waals surface area contributed by atoms with Gasteiger partial charge < -0.3 is 9.80 Å². The molecule has 2 aliphatic heterocycles. The number of amides is 1. The maximum Gasteiger partial charge on any atom is 0.254 e. The average Bonchev–Trinajstić information content (AvgIpc) is 3.11. The highest BCUT2D eigenvalue weighted by Crippen LogP contribution is 2.23. The van der Waals surface area contributed by atoms with Crippen LogP contribution in [0.5, 0.6) is 0 Å². The van der Waals surface area contributed by atoms with Gasteiger partial charge in [0.05, 0.1) is 0 Å². The molecule has 3 rings (SSSR count). The van der Waals surface area contributed by atoms with Gasteiger partial charge in [-0.25, -0.2) is 0 Å². The number of carbonyl (C=O) groups is 1. The number of rotatable bonds is 3. The maximum atomic E-state index is 12.6. The van der Waals surface area contributed by atoms with Gasteiger partial charge >= 0.3 is 0 Å². The number of carbonyl (C=O) groups excluding carboxylic acids is 1. The lowest BCUT2D eigenvalue weighted by atomic mass is 10.1. The molecule has 0 aromatic heterocycles. The number of nitrogens with zero attached hydrogens (tertiary/aromatic N) is 2. The predicted molar refractivity (Wildman–Crippen MR) is 83.9 cm³/mol. The van der Waals surface area contributed by atoms with Crippen molar-refractivity contribution in [1.29, 1.82) is 0 Å². The van der Waals surface area contributed by atoms with Crippen molar-refractivity contribution >= 4 is 21.8 Å². The molecule has 2 aliphatic rings. The van der Waals surface area contributed by atoms with Crippen molar-refractivity contribution in [3.8, 4) is 0 Å². The average molecular weight is 337 g/mol. The molecule has 4 heteroatoms. The van der Waals surface area contributed by atoms with Crippen LogP contribution >= 0.6 is 15.9 Å². The normalized spacial score (nSPS) is 23.4. The Morgan fingerprint density at radius 2 is 1.80 bits per heavy atom. The highest BCUT2D eigenvalue weighted by atomic mass is 79.9. The monoisotopic (exact) mass is 336 g/mol. The van der Waals surface area contributed by atoms with Crippen LogP contribution in [0.15, 0.2) is 28.7 Å². The van der Waals surface area contributed by atoms with Crippen LogP contribution in [0, 0.1) is 0 Å². The minimum absolute atomic E-state index is 0.194. The highest BCUT2D eigenvalue weighted by molar-refractivity contribution is 9.10. The number of hydrogen-bond acceptors (Lipinski definition) is 2. The second kappa shape index (κ2) is 6.27. The summed E-state index contributed by atoms with van der Waals surface area (Å²) in [6.45, 7) is 4.38. The van der Waals surface area contributed by atoms with E-state index in [1.165, 1.54) is 25.9 Å². The Morgan fingerprint density at radius 1 is 1.10 bits per heavy atom. The number of hydrogen-bond donors (Lipinski definition) is 0. The van der Waals surface area contributed by atoms with Crippen LogP contribution in [0.2, 0.25) is 0 Å². The van der Waals surface area contributed by atoms with Gasteiger partial charge in [0.1, 0.15) is 0 Å². The van der Waals surface area contributed by atoms with E-state index in [1.807, 2.05) is 24.3 Å². The van der Waals surface area contributed by atoms with Crippen LogP contribution < -0.4 is 0 Å². The summed E-state index contributed by atoms with van der Waals surface area (Å²) < 4.78 is 1.02. The largest absolute Gasteiger partial charge is 0.334 e. The van der Waals surface area contributed by atoms with Gasteiger partial charge in [0.15, 0.2) is 0 Å². The molecule has 1 amide bonds. The Balaban J connectivity index is 1.67. The first kappa shape index (κ1) is 14.1. The van der Waals surface area contributed by atoms with E-state index in [1.54, 1.807) is 0 Å². The standard InChI is InChI=1S/C16H21BrN2O/c17-14-7-5-13(6-8-14)16(20)19-11-3-4-15(19)12-18-9-1-2-10-18/h5-8,15H,1-4,9-12H2. The molecule has 2 saturated heterocycles. The lowest BCUT2D eigenvalue weighted by Gasteiger charge is -2.28. The van der Waals surface area contributed by atoms with Gasteiger partial charge in [-0.05, 0) is 63.0 Å². The molecule has 0 bridgehead atoms. The van der Waals surface area contributed by atoms with E-state index in [0.717, 1.165) is 36.0 Å². The van der Waals surface area contributed by atoms with Crippen molar-refractivity contribution in [2.75, 3.05) is 26.2 Å². The first-order chi connectivity index (χ1) is 9.74. The molecule has 0 N–H and O–H groups in total. The van der Waals surface area contributed by atoms with Crippen molar-refractivity contribution in [3.05, 3.63) is 34.3 Å². The van der Waals surface area contributed by atoms with Crippen molar-refractivity contribution in [3.63, 3.8) is 0 Å². The van der Waals surface area contributed by atoms with E-state index in [4.69, 9.17) is 0 Å². The summed E-state index contributed by atoms with van der Waals surface area (Å²) >= 11 is 3.42. The second-order valence-corrected chi connectivity index (χ2v) is 6.72. The molecular weight excluding hydrogens is 316 g/mol. The summed E-state index contributed by atoms with van der Waals surface area (Å²) in [5, 5.41) is 0. The molecule has 0 aliphatic carbocycles. The molecule has 1 aromatic carbocycles. The fourth-order valence-corrected chi connectivity index (χ4v) is 3.58. The molecule has 1 atom stereocenters. The first-order valence-electron chi connectivity index (χ1n) is 7.53. The molecule has 0 spiro atoms. The first-order valence-corrected chi connectivity index (χ1v) is 8.32. The van der Waals surface area contributed by atoms with Gasteiger partial charge in [-0.1, -0.05) is 15.9 Å². The molecular formula is C16H21BrN2O. The van der Waals surface area contributed by atoms with E-state index in [0.29, 0.717) is 6.04 Å². The van der Waals surface area contributed by atoms with Crippen molar-refractivity contribution in [2.24, 2.45) is 0 Å². The van der Waals surface area contributed by atoms with Gasteiger partial charge in [-0.2, -0.15) is 0 Å².